The summed E-state index contributed by atoms with van der Waals surface area (Å²) in [5.74, 6) is 0. The van der Waals surface area contributed by atoms with Crippen molar-refractivity contribution in [1.29, 1.82) is 0 Å². The molecule has 0 spiro atoms. The zero-order valence-corrected chi connectivity index (χ0v) is 19.2. The van der Waals surface area contributed by atoms with Gasteiger partial charge in [0.1, 0.15) is 19.1 Å². The fourth-order valence-electron chi connectivity index (χ4n) is 2.62. The molecule has 2 heterocycles. The Morgan fingerprint density at radius 1 is 1.16 bits per heavy atom. The van der Waals surface area contributed by atoms with Gasteiger partial charge in [0.25, 0.3) is 5.56 Å². The number of hydrogen-bond acceptors (Lipinski definition) is 11. The summed E-state index contributed by atoms with van der Waals surface area (Å²) >= 11 is 0. The van der Waals surface area contributed by atoms with Gasteiger partial charge in [0.05, 0.1) is 12.7 Å². The third-order valence-electron chi connectivity index (χ3n) is 3.85. The topological polar surface area (TPSA) is 242 Å². The van der Waals surface area contributed by atoms with Gasteiger partial charge in [-0.05, 0) is 6.92 Å². The number of rotatable bonds is 11. The Morgan fingerprint density at radius 2 is 1.81 bits per heavy atom. The van der Waals surface area contributed by atoms with Gasteiger partial charge in [0.15, 0.2) is 0 Å². The molecule has 1 fully saturated rings. The van der Waals surface area contributed by atoms with E-state index in [9.17, 15) is 33.1 Å². The summed E-state index contributed by atoms with van der Waals surface area (Å²) in [6.07, 6.45) is -1.75. The number of phosphoric acid groups is 3. The Bertz CT molecular complexity index is 1060. The van der Waals surface area contributed by atoms with Gasteiger partial charge in [-0.1, -0.05) is 0 Å². The number of hydrogen-bond donors (Lipinski definition) is 5. The Balaban J connectivity index is 2.13. The molecule has 1 saturated heterocycles. The minimum atomic E-state index is -5.68. The summed E-state index contributed by atoms with van der Waals surface area (Å²) in [6.45, 7) is 0.438. The van der Waals surface area contributed by atoms with Crippen LogP contribution >= 0.6 is 23.5 Å². The summed E-state index contributed by atoms with van der Waals surface area (Å²) in [5.41, 5.74) is -1.18. The second kappa shape index (κ2) is 10.5. The fraction of sp³-hybridized carbons (Fsp3) is 0.667. The van der Waals surface area contributed by atoms with Crippen LogP contribution in [0.2, 0.25) is 0 Å². The Labute approximate surface area is 179 Å². The van der Waals surface area contributed by atoms with E-state index < -0.39 is 59.8 Å². The number of aromatic amines is 1. The molecule has 184 valence electrons. The number of nitrogens with one attached hydrogen (secondary N) is 1. The minimum absolute atomic E-state index is 0.0131. The van der Waals surface area contributed by atoms with E-state index in [1.54, 1.807) is 0 Å². The summed E-state index contributed by atoms with van der Waals surface area (Å²) in [5, 5.41) is 0. The second-order valence-electron chi connectivity index (χ2n) is 6.34. The maximum absolute atomic E-state index is 12.1. The first-order valence-electron chi connectivity index (χ1n) is 8.49. The zero-order valence-electron chi connectivity index (χ0n) is 16.5. The largest absolute Gasteiger partial charge is 0.490 e. The molecule has 2 unspecified atom stereocenters. The van der Waals surface area contributed by atoms with Crippen molar-refractivity contribution in [3.63, 3.8) is 0 Å². The van der Waals surface area contributed by atoms with Crippen LogP contribution in [0.5, 0.6) is 0 Å². The molecule has 0 radical (unpaired) electrons. The number of phosphoric ester groups is 1. The number of ether oxygens (including phenoxy) is 3. The molecule has 0 amide bonds. The van der Waals surface area contributed by atoms with Gasteiger partial charge in [-0.3, -0.25) is 18.9 Å². The molecule has 0 bridgehead atoms. The molecule has 17 nitrogen and oxygen atoms in total. The first-order valence-corrected chi connectivity index (χ1v) is 13.0. The lowest BCUT2D eigenvalue weighted by molar-refractivity contribution is -0.107. The third-order valence-corrected chi connectivity index (χ3v) is 7.66. The average molecular weight is 526 g/mol. The molecule has 5 N–H and O–H groups in total. The lowest BCUT2D eigenvalue weighted by Gasteiger charge is -2.21. The highest BCUT2D eigenvalue weighted by Gasteiger charge is 2.43. The van der Waals surface area contributed by atoms with Gasteiger partial charge in [-0.25, -0.2) is 18.5 Å². The highest BCUT2D eigenvalue weighted by atomic mass is 31.3. The average Bonchev–Trinajstić information content (AvgIpc) is 3.01. The molecule has 1 aromatic heterocycles. The van der Waals surface area contributed by atoms with Gasteiger partial charge in [-0.2, -0.15) is 8.62 Å². The van der Waals surface area contributed by atoms with Crippen molar-refractivity contribution < 1.29 is 60.6 Å². The Morgan fingerprint density at radius 3 is 2.41 bits per heavy atom. The monoisotopic (exact) mass is 526 g/mol. The molecule has 0 aromatic carbocycles. The van der Waals surface area contributed by atoms with Crippen molar-refractivity contribution in [1.82, 2.24) is 9.55 Å². The van der Waals surface area contributed by atoms with Gasteiger partial charge >= 0.3 is 29.2 Å². The molecule has 1 aliphatic heterocycles. The summed E-state index contributed by atoms with van der Waals surface area (Å²) in [6, 6.07) is 0. The van der Waals surface area contributed by atoms with Crippen molar-refractivity contribution in [3.8, 4) is 0 Å². The first kappa shape index (κ1) is 27.2. The summed E-state index contributed by atoms with van der Waals surface area (Å²) < 4.78 is 62.6. The maximum Gasteiger partial charge on any atom is 0.490 e. The normalized spacial score (nSPS) is 25.4. The van der Waals surface area contributed by atoms with E-state index in [1.165, 1.54) is 20.2 Å². The van der Waals surface area contributed by atoms with Crippen LogP contribution in [0.25, 0.3) is 0 Å². The van der Waals surface area contributed by atoms with Crippen molar-refractivity contribution >= 4 is 23.5 Å². The van der Waals surface area contributed by atoms with Gasteiger partial charge in [-0.15, -0.1) is 0 Å². The van der Waals surface area contributed by atoms with Crippen LogP contribution in [0.4, 0.5) is 0 Å². The highest BCUT2D eigenvalue weighted by Crippen LogP contribution is 2.66. The van der Waals surface area contributed by atoms with Gasteiger partial charge in [0.2, 0.25) is 0 Å². The van der Waals surface area contributed by atoms with Crippen LogP contribution in [-0.2, 0) is 41.1 Å². The van der Waals surface area contributed by atoms with E-state index in [2.05, 4.69) is 18.1 Å². The molecule has 0 aliphatic carbocycles. The molecule has 5 atom stereocenters. The minimum Gasteiger partial charge on any atom is -0.359 e. The smallest absolute Gasteiger partial charge is 0.359 e. The molecule has 1 aromatic rings. The van der Waals surface area contributed by atoms with Crippen molar-refractivity contribution in [2.24, 2.45) is 0 Å². The summed E-state index contributed by atoms with van der Waals surface area (Å²) in [7, 11) is -15.3. The van der Waals surface area contributed by atoms with Crippen LogP contribution in [0.3, 0.4) is 0 Å². The first-order chi connectivity index (χ1) is 14.6. The highest BCUT2D eigenvalue weighted by molar-refractivity contribution is 7.66. The lowest BCUT2D eigenvalue weighted by Crippen LogP contribution is -2.33. The van der Waals surface area contributed by atoms with E-state index in [-0.39, 0.29) is 18.8 Å². The molecule has 1 aliphatic rings. The number of aryl methyl sites for hydroxylation is 1. The van der Waals surface area contributed by atoms with Crippen LogP contribution in [0.15, 0.2) is 15.8 Å². The number of aromatic nitrogens is 2. The molecular weight excluding hydrogens is 505 g/mol. The van der Waals surface area contributed by atoms with Crippen molar-refractivity contribution in [3.05, 3.63) is 32.6 Å². The van der Waals surface area contributed by atoms with E-state index in [0.29, 0.717) is 0 Å². The molecule has 20 heteroatoms. The quantitative estimate of drug-likeness (QED) is 0.180. The third kappa shape index (κ3) is 8.08. The van der Waals surface area contributed by atoms with Crippen LogP contribution in [0, 0.1) is 6.92 Å². The number of nitrogens with zero attached hydrogens (tertiary/aromatic N) is 1. The summed E-state index contributed by atoms with van der Waals surface area (Å²) in [4.78, 5) is 61.6. The number of H-pyrrole nitrogens is 1. The van der Waals surface area contributed by atoms with E-state index in [4.69, 9.17) is 24.0 Å². The predicted molar refractivity (Wildman–Crippen MR) is 101 cm³/mol. The van der Waals surface area contributed by atoms with Crippen molar-refractivity contribution in [2.75, 3.05) is 20.5 Å². The van der Waals surface area contributed by atoms with Gasteiger partial charge in [0, 0.05) is 25.3 Å². The number of methoxy groups -OCH3 is 1. The molecular formula is C12H21N2O15P3. The lowest BCUT2D eigenvalue weighted by atomic mass is 10.2. The molecule has 2 rings (SSSR count). The standard InChI is InChI=1S/C12H21N2O15P3/c1-7-4-14(12(16)13-11(7)15)10-3-8(25-6-24-2)9(27-10)5-26-31(20,21)29-32(22,23)28-30(17,18)19/h4,8-10H,3,5-6H2,1-2H3,(H,20,21)(H,22,23)(H,13,15,16)(H2,17,18,19)/t8-,9+,10+/m0/s1. The fourth-order valence-corrected chi connectivity index (χ4v) is 5.65. The zero-order chi connectivity index (χ0) is 24.3. The van der Waals surface area contributed by atoms with E-state index in [0.717, 1.165) is 4.57 Å². The molecule has 0 saturated carbocycles. The van der Waals surface area contributed by atoms with E-state index in [1.807, 2.05) is 0 Å². The Hall–Kier alpha value is -1.03. The Kier molecular flexibility index (Phi) is 8.92. The van der Waals surface area contributed by atoms with E-state index >= 15 is 0 Å². The second-order valence-corrected chi connectivity index (χ2v) is 10.8. The van der Waals surface area contributed by atoms with Crippen LogP contribution in [0.1, 0.15) is 18.2 Å². The maximum atomic E-state index is 12.1. The van der Waals surface area contributed by atoms with Crippen LogP contribution < -0.4 is 11.2 Å². The predicted octanol–water partition coefficient (Wildman–Crippen LogP) is -0.535. The SMILES string of the molecule is COCO[C@H]1C[C@H](n2cc(C)c(=O)[nH]c2=O)O[C@@H]1COP(=O)(O)OP(=O)(O)OP(=O)(O)O. The molecule has 32 heavy (non-hydrogen) atoms. The van der Waals surface area contributed by atoms with Crippen molar-refractivity contribution in [2.45, 2.75) is 31.8 Å². The van der Waals surface area contributed by atoms with Crippen LogP contribution in [-0.4, -0.2) is 61.8 Å². The van der Waals surface area contributed by atoms with Gasteiger partial charge < -0.3 is 33.8 Å².